The van der Waals surface area contributed by atoms with Gasteiger partial charge in [0.1, 0.15) is 0 Å². The number of rotatable bonds is 4. The molecule has 4 atom stereocenters. The van der Waals surface area contributed by atoms with Gasteiger partial charge in [-0.05, 0) is 0 Å². The van der Waals surface area contributed by atoms with Crippen LogP contribution < -0.4 is 0 Å². The molecule has 2 fully saturated rings. The van der Waals surface area contributed by atoms with Crippen molar-refractivity contribution in [1.29, 1.82) is 0 Å². The van der Waals surface area contributed by atoms with E-state index in [1.54, 1.807) is 0 Å². The van der Waals surface area contributed by atoms with E-state index >= 15 is 0 Å². The van der Waals surface area contributed by atoms with Crippen molar-refractivity contribution < 1.29 is 9.53 Å². The predicted molar refractivity (Wildman–Crippen MR) is 106 cm³/mol. The van der Waals surface area contributed by atoms with E-state index in [4.69, 9.17) is 4.74 Å². The first-order valence-corrected chi connectivity index (χ1v) is 19.6. The molecule has 0 amide bonds. The molecule has 0 unspecified atom stereocenters. The number of esters is 1. The van der Waals surface area contributed by atoms with Gasteiger partial charge in [0.25, 0.3) is 0 Å². The summed E-state index contributed by atoms with van der Waals surface area (Å²) in [5, 5.41) is 0. The molecule has 0 aromatic heterocycles. The zero-order valence-electron chi connectivity index (χ0n) is 16.2. The summed E-state index contributed by atoms with van der Waals surface area (Å²) >= 11 is -1.88. The van der Waals surface area contributed by atoms with Crippen LogP contribution in [0.25, 0.3) is 6.08 Å². The minimum absolute atomic E-state index is 0.0408. The Kier molecular flexibility index (Phi) is 5.64. The van der Waals surface area contributed by atoms with Crippen molar-refractivity contribution in [3.63, 3.8) is 0 Å². The molecular weight excluding hydrogens is 417 g/mol. The number of methoxy groups -OCH3 is 1. The summed E-state index contributed by atoms with van der Waals surface area (Å²) in [4.78, 5) is 22.2. The van der Waals surface area contributed by atoms with Crippen LogP contribution in [0.3, 0.4) is 0 Å². The fourth-order valence-corrected chi connectivity index (χ4v) is 6.44. The molecule has 2 heterocycles. The predicted octanol–water partition coefficient (Wildman–Crippen LogP) is 4.32. The summed E-state index contributed by atoms with van der Waals surface area (Å²) in [5.74, 6) is 0.190. The Morgan fingerprint density at radius 3 is 2.48 bits per heavy atom. The second-order valence-corrected chi connectivity index (χ2v) is 23.2. The van der Waals surface area contributed by atoms with Crippen molar-refractivity contribution in [2.24, 2.45) is 5.92 Å². The van der Waals surface area contributed by atoms with Gasteiger partial charge in [-0.2, -0.15) is 0 Å². The molecule has 25 heavy (non-hydrogen) atoms. The van der Waals surface area contributed by atoms with Crippen molar-refractivity contribution in [2.75, 3.05) is 14.2 Å². The van der Waals surface area contributed by atoms with Crippen molar-refractivity contribution in [2.45, 2.75) is 52.1 Å². The van der Waals surface area contributed by atoms with Gasteiger partial charge in [0.05, 0.1) is 0 Å². The molecule has 1 aromatic rings. The summed E-state index contributed by atoms with van der Waals surface area (Å²) < 4.78 is 7.61. The van der Waals surface area contributed by atoms with Crippen LogP contribution in [0.1, 0.15) is 36.3 Å². The summed E-state index contributed by atoms with van der Waals surface area (Å²) in [6.07, 6.45) is 5.64. The standard InChI is InChI=1S/C18H22NO2.3CH3.Sn/c1-4-12-5-7-13(8-6-12)15-11-14-9-10-16(19(14)2)17(15)18(20)21-3;;;;/h1,4-8,14-17H,9-11H2,2-3H3;3*1H3;/t14-,15+,16+,17-;;;;/m0..../s1. The Labute approximate surface area is 156 Å². The monoisotopic (exact) mass is 449 g/mol. The van der Waals surface area contributed by atoms with Crippen LogP contribution >= 0.6 is 0 Å². The van der Waals surface area contributed by atoms with E-state index in [-0.39, 0.29) is 17.8 Å². The first kappa shape index (κ1) is 19.0. The molecule has 1 aromatic carbocycles. The van der Waals surface area contributed by atoms with Crippen LogP contribution in [0.5, 0.6) is 0 Å². The normalized spacial score (nSPS) is 30.0. The molecule has 0 aliphatic carbocycles. The van der Waals surface area contributed by atoms with Crippen LogP contribution in [0, 0.1) is 5.92 Å². The maximum atomic E-state index is 12.5. The van der Waals surface area contributed by atoms with Gasteiger partial charge < -0.3 is 0 Å². The molecular formula is C21H31NO2Sn. The first-order valence-electron chi connectivity index (χ1n) is 9.39. The second-order valence-electron chi connectivity index (χ2n) is 8.72. The van der Waals surface area contributed by atoms with Gasteiger partial charge in [-0.3, -0.25) is 0 Å². The third-order valence-corrected chi connectivity index (χ3v) is 9.21. The number of piperidine rings is 1. The quantitative estimate of drug-likeness (QED) is 0.508. The van der Waals surface area contributed by atoms with Gasteiger partial charge in [-0.25, -0.2) is 0 Å². The molecule has 3 rings (SSSR count). The van der Waals surface area contributed by atoms with Crippen molar-refractivity contribution in [3.8, 4) is 0 Å². The number of carbonyl (C=O) groups excluding carboxylic acids is 1. The van der Waals surface area contributed by atoms with E-state index in [2.05, 4.69) is 61.2 Å². The molecule has 2 aliphatic rings. The van der Waals surface area contributed by atoms with E-state index in [1.165, 1.54) is 24.7 Å². The number of hydrogen-bond donors (Lipinski definition) is 0. The Morgan fingerprint density at radius 1 is 1.20 bits per heavy atom. The molecule has 2 saturated heterocycles. The van der Waals surface area contributed by atoms with E-state index in [0.29, 0.717) is 12.1 Å². The summed E-state index contributed by atoms with van der Waals surface area (Å²) in [6.45, 7) is 0. The molecule has 0 N–H and O–H groups in total. The van der Waals surface area contributed by atoms with Gasteiger partial charge in [-0.15, -0.1) is 0 Å². The van der Waals surface area contributed by atoms with Crippen molar-refractivity contribution >= 4 is 30.4 Å². The SMILES string of the molecule is COC(=O)[C@H]1[C@@H](c2ccc(/C=[CH]\[Sn]([CH3])([CH3])[CH3])cc2)C[C@@H]2CC[C@H]1N2C. The molecule has 3 nitrogen and oxygen atoms in total. The number of fused-ring (bicyclic) bond motifs is 2. The number of ether oxygens (including phenoxy) is 1. The van der Waals surface area contributed by atoms with Gasteiger partial charge in [0.2, 0.25) is 0 Å². The molecule has 0 saturated carbocycles. The van der Waals surface area contributed by atoms with Crippen LogP contribution in [0.15, 0.2) is 28.4 Å². The average molecular weight is 448 g/mol. The number of nitrogens with zero attached hydrogens (tertiary/aromatic N) is 1. The van der Waals surface area contributed by atoms with Gasteiger partial charge in [-0.1, -0.05) is 0 Å². The molecule has 0 spiro atoms. The topological polar surface area (TPSA) is 29.5 Å². The third-order valence-electron chi connectivity index (χ3n) is 5.88. The Balaban J connectivity index is 1.84. The van der Waals surface area contributed by atoms with Gasteiger partial charge >= 0.3 is 156 Å². The number of benzene rings is 1. The minimum atomic E-state index is -1.88. The second kappa shape index (κ2) is 7.43. The van der Waals surface area contributed by atoms with Crippen molar-refractivity contribution in [3.05, 3.63) is 39.5 Å². The van der Waals surface area contributed by atoms with Crippen LogP contribution in [-0.2, 0) is 9.53 Å². The summed E-state index contributed by atoms with van der Waals surface area (Å²) in [5.41, 5.74) is 2.55. The van der Waals surface area contributed by atoms with Gasteiger partial charge in [0.15, 0.2) is 0 Å². The van der Waals surface area contributed by atoms with E-state index < -0.39 is 18.4 Å². The molecule has 2 bridgehead atoms. The van der Waals surface area contributed by atoms with Crippen LogP contribution in [-0.4, -0.2) is 55.5 Å². The number of carbonyl (C=O) groups is 1. The molecule has 2 aliphatic heterocycles. The van der Waals surface area contributed by atoms with Gasteiger partial charge in [0, 0.05) is 0 Å². The fraction of sp³-hybridized carbons (Fsp3) is 0.571. The Morgan fingerprint density at radius 2 is 1.88 bits per heavy atom. The molecule has 0 radical (unpaired) electrons. The third kappa shape index (κ3) is 4.13. The van der Waals surface area contributed by atoms with E-state index in [0.717, 1.165) is 12.8 Å². The Bertz CT molecular complexity index is 647. The molecule has 4 heteroatoms. The Hall–Kier alpha value is -0.811. The van der Waals surface area contributed by atoms with E-state index in [9.17, 15) is 4.79 Å². The van der Waals surface area contributed by atoms with E-state index in [1.807, 2.05) is 0 Å². The van der Waals surface area contributed by atoms with Crippen LogP contribution in [0.2, 0.25) is 14.8 Å². The fourth-order valence-electron chi connectivity index (χ4n) is 4.47. The number of hydrogen-bond acceptors (Lipinski definition) is 3. The first-order chi connectivity index (χ1) is 11.8. The summed E-state index contributed by atoms with van der Waals surface area (Å²) in [7, 11) is 3.69. The maximum absolute atomic E-state index is 12.5. The van der Waals surface area contributed by atoms with Crippen LogP contribution in [0.4, 0.5) is 0 Å². The summed E-state index contributed by atoms with van der Waals surface area (Å²) in [6, 6.07) is 9.79. The average Bonchev–Trinajstić information content (AvgIpc) is 2.82. The van der Waals surface area contributed by atoms with Crippen molar-refractivity contribution in [1.82, 2.24) is 4.90 Å². The molecule has 136 valence electrons. The zero-order valence-corrected chi connectivity index (χ0v) is 19.0. The zero-order chi connectivity index (χ0) is 18.2.